The van der Waals surface area contributed by atoms with Crippen molar-refractivity contribution in [3.8, 4) is 11.6 Å². The van der Waals surface area contributed by atoms with Crippen LogP contribution in [0, 0.1) is 0 Å². The topological polar surface area (TPSA) is 106 Å². The summed E-state index contributed by atoms with van der Waals surface area (Å²) in [6.45, 7) is 4.05. The lowest BCUT2D eigenvalue weighted by Gasteiger charge is -2.19. The van der Waals surface area contributed by atoms with Gasteiger partial charge in [-0.1, -0.05) is 12.1 Å². The van der Waals surface area contributed by atoms with Crippen molar-refractivity contribution >= 4 is 23.4 Å². The monoisotopic (exact) mass is 490 g/mol. The summed E-state index contributed by atoms with van der Waals surface area (Å²) in [5.74, 6) is -0.439. The minimum Gasteiger partial charge on any atom is -0.508 e. The van der Waals surface area contributed by atoms with E-state index in [2.05, 4.69) is 20.6 Å². The van der Waals surface area contributed by atoms with E-state index in [0.717, 1.165) is 5.56 Å². The number of nitrogens with zero attached hydrogens (tertiary/aromatic N) is 2. The van der Waals surface area contributed by atoms with Gasteiger partial charge in [-0.05, 0) is 62.7 Å². The van der Waals surface area contributed by atoms with Gasteiger partial charge < -0.3 is 25.2 Å². The van der Waals surface area contributed by atoms with Gasteiger partial charge in [0.05, 0.1) is 5.56 Å². The van der Waals surface area contributed by atoms with Crippen molar-refractivity contribution in [2.24, 2.45) is 0 Å². The fourth-order valence-corrected chi connectivity index (χ4v) is 2.77. The van der Waals surface area contributed by atoms with E-state index in [0.29, 0.717) is 11.3 Å². The zero-order chi connectivity index (χ0) is 25.6. The Labute approximate surface area is 200 Å². The second-order valence-electron chi connectivity index (χ2n) is 8.54. The molecule has 0 aliphatic rings. The first-order chi connectivity index (χ1) is 16.4. The lowest BCUT2D eigenvalue weighted by molar-refractivity contribution is -0.154. The van der Waals surface area contributed by atoms with E-state index in [-0.39, 0.29) is 29.9 Å². The van der Waals surface area contributed by atoms with Crippen molar-refractivity contribution in [1.29, 1.82) is 0 Å². The fourth-order valence-electron chi connectivity index (χ4n) is 2.77. The predicted octanol–water partition coefficient (Wildman–Crippen LogP) is 5.43. The van der Waals surface area contributed by atoms with Crippen molar-refractivity contribution in [3.63, 3.8) is 0 Å². The van der Waals surface area contributed by atoms with E-state index < -0.39 is 24.4 Å². The SMILES string of the molecule is CC(C)(C)OC(=O)c1ccc(Nc2cc(OCC(F)(F)F)nc(NCc3ccc(O)cc3)n2)cc1. The molecule has 8 nitrogen and oxygen atoms in total. The Morgan fingerprint density at radius 1 is 1.00 bits per heavy atom. The van der Waals surface area contributed by atoms with Gasteiger partial charge in [-0.2, -0.15) is 23.1 Å². The van der Waals surface area contributed by atoms with Gasteiger partial charge in [0.2, 0.25) is 11.8 Å². The third kappa shape index (κ3) is 8.69. The maximum absolute atomic E-state index is 12.6. The number of hydrogen-bond acceptors (Lipinski definition) is 8. The molecule has 0 atom stereocenters. The average molecular weight is 490 g/mol. The van der Waals surface area contributed by atoms with Crippen LogP contribution in [0.1, 0.15) is 36.7 Å². The van der Waals surface area contributed by atoms with Crippen molar-refractivity contribution in [1.82, 2.24) is 9.97 Å². The minimum atomic E-state index is -4.53. The molecule has 2 aromatic carbocycles. The molecule has 0 spiro atoms. The molecule has 35 heavy (non-hydrogen) atoms. The lowest BCUT2D eigenvalue weighted by atomic mass is 10.1. The highest BCUT2D eigenvalue weighted by molar-refractivity contribution is 5.90. The second kappa shape index (κ2) is 10.5. The molecule has 1 aromatic heterocycles. The number of alkyl halides is 3. The van der Waals surface area contributed by atoms with Crippen LogP contribution in [0.4, 0.5) is 30.6 Å². The zero-order valence-corrected chi connectivity index (χ0v) is 19.3. The zero-order valence-electron chi connectivity index (χ0n) is 19.3. The molecule has 0 fully saturated rings. The number of aromatic hydroxyl groups is 1. The Bertz CT molecular complexity index is 1150. The van der Waals surface area contributed by atoms with E-state index in [1.54, 1.807) is 57.2 Å². The van der Waals surface area contributed by atoms with Gasteiger partial charge >= 0.3 is 12.1 Å². The van der Waals surface area contributed by atoms with E-state index in [1.165, 1.54) is 18.2 Å². The summed E-state index contributed by atoms with van der Waals surface area (Å²) in [5.41, 5.74) is 1.03. The minimum absolute atomic E-state index is 0.0330. The molecule has 3 rings (SSSR count). The maximum atomic E-state index is 12.6. The number of rotatable bonds is 8. The van der Waals surface area contributed by atoms with Crippen LogP contribution in [0.3, 0.4) is 0 Å². The summed E-state index contributed by atoms with van der Waals surface area (Å²) in [7, 11) is 0. The molecular formula is C24H25F3N4O4. The van der Waals surface area contributed by atoms with Gasteiger partial charge in [0.15, 0.2) is 6.61 Å². The number of phenols is 1. The summed E-state index contributed by atoms with van der Waals surface area (Å²) in [4.78, 5) is 20.4. The third-order valence-corrected chi connectivity index (χ3v) is 4.27. The Kier molecular flexibility index (Phi) is 7.68. The number of carbonyl (C=O) groups is 1. The molecule has 0 bridgehead atoms. The molecule has 0 aliphatic carbocycles. The molecule has 11 heteroatoms. The average Bonchev–Trinajstić information content (AvgIpc) is 2.76. The Balaban J connectivity index is 1.76. The lowest BCUT2D eigenvalue weighted by Crippen LogP contribution is -2.23. The van der Waals surface area contributed by atoms with Crippen LogP contribution in [0.2, 0.25) is 0 Å². The summed E-state index contributed by atoms with van der Waals surface area (Å²) in [6, 6.07) is 13.9. The highest BCUT2D eigenvalue weighted by Gasteiger charge is 2.29. The molecule has 0 saturated heterocycles. The molecule has 0 unspecified atom stereocenters. The van der Waals surface area contributed by atoms with Gasteiger partial charge in [-0.15, -0.1) is 0 Å². The summed E-state index contributed by atoms with van der Waals surface area (Å²) in [6.07, 6.45) is -4.53. The van der Waals surface area contributed by atoms with Gasteiger partial charge in [0.1, 0.15) is 17.2 Å². The number of esters is 1. The molecule has 3 aromatic rings. The second-order valence-corrected chi connectivity index (χ2v) is 8.54. The van der Waals surface area contributed by atoms with Gasteiger partial charge in [-0.25, -0.2) is 4.79 Å². The van der Waals surface area contributed by atoms with Crippen LogP contribution in [-0.2, 0) is 11.3 Å². The van der Waals surface area contributed by atoms with Crippen LogP contribution in [0.5, 0.6) is 11.6 Å². The van der Waals surface area contributed by atoms with Crippen molar-refractivity contribution in [3.05, 3.63) is 65.7 Å². The maximum Gasteiger partial charge on any atom is 0.422 e. The highest BCUT2D eigenvalue weighted by atomic mass is 19.4. The number of benzene rings is 2. The molecule has 0 amide bonds. The fraction of sp³-hybridized carbons (Fsp3) is 0.292. The summed E-state index contributed by atoms with van der Waals surface area (Å²) in [5, 5.41) is 15.3. The van der Waals surface area contributed by atoms with Crippen molar-refractivity contribution in [2.45, 2.75) is 39.1 Å². The van der Waals surface area contributed by atoms with E-state index in [4.69, 9.17) is 9.47 Å². The number of nitrogens with one attached hydrogen (secondary N) is 2. The number of carbonyl (C=O) groups excluding carboxylic acids is 1. The van der Waals surface area contributed by atoms with Crippen LogP contribution >= 0.6 is 0 Å². The first-order valence-corrected chi connectivity index (χ1v) is 10.6. The molecule has 0 radical (unpaired) electrons. The Morgan fingerprint density at radius 2 is 1.66 bits per heavy atom. The van der Waals surface area contributed by atoms with Crippen LogP contribution < -0.4 is 15.4 Å². The molecule has 186 valence electrons. The molecule has 3 N–H and O–H groups in total. The molecule has 0 aliphatic heterocycles. The van der Waals surface area contributed by atoms with E-state index in [1.807, 2.05) is 0 Å². The number of hydrogen-bond donors (Lipinski definition) is 3. The number of halogens is 3. The first-order valence-electron chi connectivity index (χ1n) is 10.6. The van der Waals surface area contributed by atoms with E-state index >= 15 is 0 Å². The van der Waals surface area contributed by atoms with E-state index in [9.17, 15) is 23.1 Å². The highest BCUT2D eigenvalue weighted by Crippen LogP contribution is 2.24. The summed E-state index contributed by atoms with van der Waals surface area (Å²) >= 11 is 0. The normalized spacial score (nSPS) is 11.6. The van der Waals surface area contributed by atoms with Crippen LogP contribution in [0.25, 0.3) is 0 Å². The molecular weight excluding hydrogens is 465 g/mol. The van der Waals surface area contributed by atoms with Crippen molar-refractivity contribution in [2.75, 3.05) is 17.2 Å². The van der Waals surface area contributed by atoms with Gasteiger partial charge in [-0.3, -0.25) is 0 Å². The predicted molar refractivity (Wildman–Crippen MR) is 124 cm³/mol. The number of ether oxygens (including phenoxy) is 2. The third-order valence-electron chi connectivity index (χ3n) is 4.27. The molecule has 0 saturated carbocycles. The van der Waals surface area contributed by atoms with Gasteiger partial charge in [0, 0.05) is 18.3 Å². The van der Waals surface area contributed by atoms with Crippen molar-refractivity contribution < 1.29 is 32.5 Å². The quantitative estimate of drug-likeness (QED) is 0.359. The van der Waals surface area contributed by atoms with Crippen LogP contribution in [0.15, 0.2) is 54.6 Å². The number of aromatic nitrogens is 2. The largest absolute Gasteiger partial charge is 0.508 e. The smallest absolute Gasteiger partial charge is 0.422 e. The standard InChI is InChI=1S/C24H25F3N4O4/c1-23(2,3)35-21(33)16-6-8-17(9-7-16)29-19-12-20(34-14-24(25,26)27)31-22(30-19)28-13-15-4-10-18(32)11-5-15/h4-12,32H,13-14H2,1-3H3,(H2,28,29,30,31). The van der Waals surface area contributed by atoms with Gasteiger partial charge in [0.25, 0.3) is 0 Å². The first kappa shape index (κ1) is 25.6. The van der Waals surface area contributed by atoms with Crippen LogP contribution in [-0.4, -0.2) is 39.4 Å². The molecule has 1 heterocycles. The summed E-state index contributed by atoms with van der Waals surface area (Å²) < 4.78 is 48.0. The number of anilines is 3. The number of phenolic OH excluding ortho intramolecular Hbond substituents is 1. The Hall–Kier alpha value is -4.02. The Morgan fingerprint density at radius 3 is 2.26 bits per heavy atom.